The molecule has 1 aromatic heterocycles. The van der Waals surface area contributed by atoms with Gasteiger partial charge in [0.1, 0.15) is 0 Å². The van der Waals surface area contributed by atoms with Crippen molar-refractivity contribution in [3.63, 3.8) is 0 Å². The largest absolute Gasteiger partial charge is 0.352 e. The summed E-state index contributed by atoms with van der Waals surface area (Å²) in [5, 5.41) is 7.98. The molecule has 2 aromatic rings. The molecule has 1 aliphatic heterocycles. The van der Waals surface area contributed by atoms with Gasteiger partial charge in [0, 0.05) is 42.5 Å². The standard InChI is InChI=1S/C17H21N3O3S2.ClH/c21-17(19-12-13-10-18-11-13)14-3-5-16(6-4-14)25(22,23)20-8-7-15-2-1-9-24-15;/h1-6,9,13,18,20H,7-8,10-12H2,(H,19,21);1H. The molecule has 0 spiro atoms. The molecule has 0 atom stereocenters. The second-order valence-electron chi connectivity index (χ2n) is 5.99. The van der Waals surface area contributed by atoms with Crippen molar-refractivity contribution in [2.24, 2.45) is 5.92 Å². The quantitative estimate of drug-likeness (QED) is 0.611. The predicted molar refractivity (Wildman–Crippen MR) is 106 cm³/mol. The molecule has 142 valence electrons. The Morgan fingerprint density at radius 2 is 1.92 bits per heavy atom. The number of carbonyl (C=O) groups is 1. The van der Waals surface area contributed by atoms with E-state index < -0.39 is 10.0 Å². The Hall–Kier alpha value is -1.45. The molecule has 3 N–H and O–H groups in total. The van der Waals surface area contributed by atoms with E-state index in [1.54, 1.807) is 23.5 Å². The van der Waals surface area contributed by atoms with Gasteiger partial charge in [-0.05, 0) is 42.1 Å². The molecule has 1 amide bonds. The lowest BCUT2D eigenvalue weighted by Gasteiger charge is -2.27. The minimum atomic E-state index is -3.56. The van der Waals surface area contributed by atoms with E-state index in [1.807, 2.05) is 17.5 Å². The van der Waals surface area contributed by atoms with E-state index in [4.69, 9.17) is 0 Å². The van der Waals surface area contributed by atoms with Crippen LogP contribution in [0, 0.1) is 5.92 Å². The summed E-state index contributed by atoms with van der Waals surface area (Å²) in [6.07, 6.45) is 0.660. The zero-order valence-corrected chi connectivity index (χ0v) is 16.6. The van der Waals surface area contributed by atoms with Crippen LogP contribution in [-0.4, -0.2) is 40.5 Å². The number of nitrogens with one attached hydrogen (secondary N) is 3. The fourth-order valence-electron chi connectivity index (χ4n) is 2.46. The van der Waals surface area contributed by atoms with Gasteiger partial charge in [-0.15, -0.1) is 23.7 Å². The molecule has 0 unspecified atom stereocenters. The smallest absolute Gasteiger partial charge is 0.251 e. The average Bonchev–Trinajstić information content (AvgIpc) is 3.06. The molecule has 0 radical (unpaired) electrons. The SMILES string of the molecule is Cl.O=C(NCC1CNC1)c1ccc(S(=O)(=O)NCCc2cccs2)cc1. The Bertz CT molecular complexity index is 804. The van der Waals surface area contributed by atoms with E-state index in [0.29, 0.717) is 31.0 Å². The molecule has 1 aliphatic rings. The first kappa shape index (κ1) is 20.9. The van der Waals surface area contributed by atoms with Crippen LogP contribution in [0.4, 0.5) is 0 Å². The van der Waals surface area contributed by atoms with E-state index >= 15 is 0 Å². The lowest BCUT2D eigenvalue weighted by Crippen LogP contribution is -2.48. The van der Waals surface area contributed by atoms with Crippen LogP contribution < -0.4 is 15.4 Å². The van der Waals surface area contributed by atoms with Gasteiger partial charge in [0.05, 0.1) is 4.90 Å². The van der Waals surface area contributed by atoms with Gasteiger partial charge in [0.25, 0.3) is 5.91 Å². The maximum Gasteiger partial charge on any atom is 0.251 e. The molecular weight excluding hydrogens is 394 g/mol. The summed E-state index contributed by atoms with van der Waals surface area (Å²) in [5.74, 6) is 0.303. The van der Waals surface area contributed by atoms with Gasteiger partial charge in [0.15, 0.2) is 0 Å². The van der Waals surface area contributed by atoms with Crippen LogP contribution in [0.2, 0.25) is 0 Å². The third-order valence-corrected chi connectivity index (χ3v) is 6.50. The van der Waals surface area contributed by atoms with Crippen molar-refractivity contribution >= 4 is 39.7 Å². The van der Waals surface area contributed by atoms with Crippen LogP contribution in [0.25, 0.3) is 0 Å². The molecule has 1 aromatic carbocycles. The fraction of sp³-hybridized carbons (Fsp3) is 0.353. The number of hydrogen-bond donors (Lipinski definition) is 3. The normalized spacial score (nSPS) is 14.3. The zero-order valence-electron chi connectivity index (χ0n) is 14.1. The second kappa shape index (κ2) is 9.48. The summed E-state index contributed by atoms with van der Waals surface area (Å²) >= 11 is 1.60. The fourth-order valence-corrected chi connectivity index (χ4v) is 4.20. The number of sulfonamides is 1. The van der Waals surface area contributed by atoms with Gasteiger partial charge in [-0.3, -0.25) is 4.79 Å². The van der Waals surface area contributed by atoms with E-state index in [0.717, 1.165) is 18.0 Å². The summed E-state index contributed by atoms with van der Waals surface area (Å²) in [5.41, 5.74) is 0.463. The number of hydrogen-bond acceptors (Lipinski definition) is 5. The van der Waals surface area contributed by atoms with Crippen LogP contribution in [0.3, 0.4) is 0 Å². The highest BCUT2D eigenvalue weighted by Crippen LogP contribution is 2.12. The molecule has 3 rings (SSSR count). The molecular formula is C17H22ClN3O3S2. The second-order valence-corrected chi connectivity index (χ2v) is 8.79. The van der Waals surface area contributed by atoms with Gasteiger partial charge >= 0.3 is 0 Å². The number of thiophene rings is 1. The van der Waals surface area contributed by atoms with Crippen molar-refractivity contribution in [2.45, 2.75) is 11.3 Å². The van der Waals surface area contributed by atoms with Crippen LogP contribution in [0.1, 0.15) is 15.2 Å². The molecule has 0 aliphatic carbocycles. The van der Waals surface area contributed by atoms with E-state index in [2.05, 4.69) is 15.4 Å². The molecule has 6 nitrogen and oxygen atoms in total. The lowest BCUT2D eigenvalue weighted by molar-refractivity contribution is 0.0942. The molecule has 0 saturated carbocycles. The number of amides is 1. The highest BCUT2D eigenvalue weighted by Gasteiger charge is 2.18. The molecule has 2 heterocycles. The lowest BCUT2D eigenvalue weighted by atomic mass is 10.0. The Morgan fingerprint density at radius 1 is 1.19 bits per heavy atom. The number of halogens is 1. The number of benzene rings is 1. The van der Waals surface area contributed by atoms with E-state index in [-0.39, 0.29) is 23.2 Å². The van der Waals surface area contributed by atoms with Crippen LogP contribution in [0.5, 0.6) is 0 Å². The summed E-state index contributed by atoms with van der Waals surface area (Å²) in [6, 6.07) is 9.94. The zero-order chi connectivity index (χ0) is 17.7. The summed E-state index contributed by atoms with van der Waals surface area (Å²) in [7, 11) is -3.56. The first-order valence-corrected chi connectivity index (χ1v) is 10.5. The average molecular weight is 416 g/mol. The van der Waals surface area contributed by atoms with Crippen LogP contribution in [-0.2, 0) is 16.4 Å². The van der Waals surface area contributed by atoms with E-state index in [9.17, 15) is 13.2 Å². The van der Waals surface area contributed by atoms with Gasteiger partial charge in [0.2, 0.25) is 10.0 Å². The topological polar surface area (TPSA) is 87.3 Å². The third kappa shape index (κ3) is 5.52. The van der Waals surface area contributed by atoms with Crippen molar-refractivity contribution in [1.82, 2.24) is 15.4 Å². The number of rotatable bonds is 8. The van der Waals surface area contributed by atoms with Crippen molar-refractivity contribution in [3.8, 4) is 0 Å². The van der Waals surface area contributed by atoms with Crippen LogP contribution >= 0.6 is 23.7 Å². The van der Waals surface area contributed by atoms with E-state index in [1.165, 1.54) is 12.1 Å². The Balaban J connectivity index is 0.00000243. The molecule has 0 bridgehead atoms. The molecule has 1 fully saturated rings. The summed E-state index contributed by atoms with van der Waals surface area (Å²) in [6.45, 7) is 2.83. The highest BCUT2D eigenvalue weighted by molar-refractivity contribution is 7.89. The molecule has 1 saturated heterocycles. The van der Waals surface area contributed by atoms with Crippen molar-refractivity contribution in [2.75, 3.05) is 26.2 Å². The Labute approximate surface area is 163 Å². The number of carbonyl (C=O) groups excluding carboxylic acids is 1. The van der Waals surface area contributed by atoms with Crippen molar-refractivity contribution < 1.29 is 13.2 Å². The Morgan fingerprint density at radius 3 is 2.50 bits per heavy atom. The summed E-state index contributed by atoms with van der Waals surface area (Å²) in [4.78, 5) is 13.4. The van der Waals surface area contributed by atoms with Gasteiger partial charge in [-0.1, -0.05) is 6.07 Å². The minimum Gasteiger partial charge on any atom is -0.352 e. The predicted octanol–water partition coefficient (Wildman–Crippen LogP) is 1.64. The third-order valence-electron chi connectivity index (χ3n) is 4.09. The maximum absolute atomic E-state index is 12.3. The minimum absolute atomic E-state index is 0. The maximum atomic E-state index is 12.3. The monoisotopic (exact) mass is 415 g/mol. The Kier molecular flexibility index (Phi) is 7.60. The van der Waals surface area contributed by atoms with Crippen molar-refractivity contribution in [1.29, 1.82) is 0 Å². The van der Waals surface area contributed by atoms with Crippen molar-refractivity contribution in [3.05, 3.63) is 52.2 Å². The highest BCUT2D eigenvalue weighted by atomic mass is 35.5. The van der Waals surface area contributed by atoms with Gasteiger partial charge < -0.3 is 10.6 Å². The van der Waals surface area contributed by atoms with Gasteiger partial charge in [-0.2, -0.15) is 0 Å². The first-order chi connectivity index (χ1) is 12.0. The first-order valence-electron chi connectivity index (χ1n) is 8.15. The molecule has 26 heavy (non-hydrogen) atoms. The molecule has 9 heteroatoms. The van der Waals surface area contributed by atoms with Gasteiger partial charge in [-0.25, -0.2) is 13.1 Å². The summed E-state index contributed by atoms with van der Waals surface area (Å²) < 4.78 is 27.2. The van der Waals surface area contributed by atoms with Crippen LogP contribution in [0.15, 0.2) is 46.7 Å².